The van der Waals surface area contributed by atoms with Crippen molar-refractivity contribution in [1.82, 2.24) is 9.97 Å². The van der Waals surface area contributed by atoms with Crippen LogP contribution in [0, 0.1) is 0 Å². The lowest BCUT2D eigenvalue weighted by atomic mass is 10.2. The minimum atomic E-state index is -0.533. The summed E-state index contributed by atoms with van der Waals surface area (Å²) in [5, 5.41) is 3.20. The van der Waals surface area contributed by atoms with E-state index < -0.39 is 5.79 Å². The van der Waals surface area contributed by atoms with Crippen molar-refractivity contribution >= 4 is 23.0 Å². The number of carbonyl (C=O) groups is 1. The molecule has 1 aliphatic rings. The molecule has 1 fully saturated rings. The van der Waals surface area contributed by atoms with E-state index in [1.165, 1.54) is 0 Å². The molecule has 2 N–H and O–H groups in total. The third-order valence-corrected chi connectivity index (χ3v) is 3.56. The molecule has 124 valence electrons. The molecule has 23 heavy (non-hydrogen) atoms. The van der Waals surface area contributed by atoms with Crippen LogP contribution >= 0.6 is 0 Å². The van der Waals surface area contributed by atoms with E-state index in [4.69, 9.17) is 14.2 Å². The first-order valence-electron chi connectivity index (χ1n) is 7.69. The number of esters is 1. The summed E-state index contributed by atoms with van der Waals surface area (Å²) in [6, 6.07) is 5.24. The third-order valence-electron chi connectivity index (χ3n) is 3.56. The Bertz CT molecular complexity index is 710. The lowest BCUT2D eigenvalue weighted by Gasteiger charge is -2.17. The Hall–Kier alpha value is -2.12. The van der Waals surface area contributed by atoms with Crippen molar-refractivity contribution in [2.24, 2.45) is 0 Å². The lowest BCUT2D eigenvalue weighted by Crippen LogP contribution is -2.26. The molecule has 0 radical (unpaired) electrons. The van der Waals surface area contributed by atoms with Crippen LogP contribution < -0.4 is 5.32 Å². The summed E-state index contributed by atoms with van der Waals surface area (Å²) in [5.41, 5.74) is 2.07. The normalized spacial score (nSPS) is 19.9. The molecule has 1 atom stereocenters. The van der Waals surface area contributed by atoms with E-state index in [9.17, 15) is 4.79 Å². The van der Waals surface area contributed by atoms with Gasteiger partial charge in [0.25, 0.3) is 0 Å². The van der Waals surface area contributed by atoms with Gasteiger partial charge in [0, 0.05) is 6.54 Å². The molecular formula is C16H21N3O4. The van der Waals surface area contributed by atoms with Crippen LogP contribution in [-0.4, -0.2) is 47.6 Å². The van der Waals surface area contributed by atoms with E-state index in [0.717, 1.165) is 11.0 Å². The summed E-state index contributed by atoms with van der Waals surface area (Å²) in [4.78, 5) is 19.3. The molecule has 1 aliphatic heterocycles. The second-order valence-corrected chi connectivity index (χ2v) is 5.87. The van der Waals surface area contributed by atoms with Crippen LogP contribution in [0.25, 0.3) is 11.0 Å². The molecule has 1 saturated heterocycles. The number of rotatable bonds is 5. The Labute approximate surface area is 134 Å². The molecule has 1 unspecified atom stereocenters. The maximum absolute atomic E-state index is 11.8. The van der Waals surface area contributed by atoms with Gasteiger partial charge in [0.15, 0.2) is 5.79 Å². The number of benzene rings is 1. The number of H-pyrrole nitrogens is 1. The molecule has 1 aromatic heterocycles. The van der Waals surface area contributed by atoms with E-state index in [-0.39, 0.29) is 12.1 Å². The molecule has 0 bridgehead atoms. The number of nitrogens with one attached hydrogen (secondary N) is 2. The number of nitrogens with zero attached hydrogens (tertiary/aromatic N) is 1. The first kappa shape index (κ1) is 15.8. The third kappa shape index (κ3) is 3.62. The Kier molecular flexibility index (Phi) is 4.23. The second kappa shape index (κ2) is 6.17. The molecule has 0 spiro atoms. The van der Waals surface area contributed by atoms with Gasteiger partial charge in [0.1, 0.15) is 6.10 Å². The fraction of sp³-hybridized carbons (Fsp3) is 0.500. The summed E-state index contributed by atoms with van der Waals surface area (Å²) in [6.45, 7) is 7.06. The number of carbonyl (C=O) groups excluding carboxylic acids is 1. The van der Waals surface area contributed by atoms with E-state index in [0.29, 0.717) is 31.3 Å². The van der Waals surface area contributed by atoms with E-state index in [1.54, 1.807) is 25.1 Å². The maximum Gasteiger partial charge on any atom is 0.338 e. The van der Waals surface area contributed by atoms with Gasteiger partial charge >= 0.3 is 5.97 Å². The van der Waals surface area contributed by atoms with Gasteiger partial charge in [-0.1, -0.05) is 0 Å². The fourth-order valence-electron chi connectivity index (χ4n) is 2.51. The molecule has 0 amide bonds. The number of anilines is 1. The van der Waals surface area contributed by atoms with Gasteiger partial charge in [-0.2, -0.15) is 0 Å². The highest BCUT2D eigenvalue weighted by molar-refractivity contribution is 5.94. The number of imidazole rings is 1. The number of aromatic amines is 1. The number of aromatic nitrogens is 2. The van der Waals surface area contributed by atoms with Crippen LogP contribution in [0.4, 0.5) is 5.95 Å². The highest BCUT2D eigenvalue weighted by Gasteiger charge is 2.32. The highest BCUT2D eigenvalue weighted by Crippen LogP contribution is 2.23. The number of hydrogen-bond acceptors (Lipinski definition) is 6. The van der Waals surface area contributed by atoms with E-state index >= 15 is 0 Å². The van der Waals surface area contributed by atoms with Crippen molar-refractivity contribution in [3.63, 3.8) is 0 Å². The molecule has 3 rings (SSSR count). The van der Waals surface area contributed by atoms with Gasteiger partial charge in [0.2, 0.25) is 5.95 Å². The quantitative estimate of drug-likeness (QED) is 0.823. The highest BCUT2D eigenvalue weighted by atomic mass is 16.7. The average Bonchev–Trinajstić information content (AvgIpc) is 3.07. The number of hydrogen-bond donors (Lipinski definition) is 2. The summed E-state index contributed by atoms with van der Waals surface area (Å²) >= 11 is 0. The predicted molar refractivity (Wildman–Crippen MR) is 85.4 cm³/mol. The molecule has 7 nitrogen and oxygen atoms in total. The summed E-state index contributed by atoms with van der Waals surface area (Å²) < 4.78 is 16.3. The van der Waals surface area contributed by atoms with Crippen molar-refractivity contribution in [2.45, 2.75) is 32.7 Å². The van der Waals surface area contributed by atoms with Gasteiger partial charge in [0.05, 0.1) is 29.8 Å². The topological polar surface area (TPSA) is 85.5 Å². The Morgan fingerprint density at radius 1 is 1.52 bits per heavy atom. The standard InChI is InChI=1S/C16H21N3O4/c1-4-21-14(20)10-5-6-12-13(7-10)19-15(18-12)17-8-11-9-22-16(2,3)23-11/h5-7,11H,4,8-9H2,1-3H3,(H2,17,18,19). The number of ether oxygens (including phenoxy) is 3. The van der Waals surface area contributed by atoms with Gasteiger partial charge in [-0.05, 0) is 39.0 Å². The Balaban J connectivity index is 1.67. The van der Waals surface area contributed by atoms with Crippen molar-refractivity contribution in [3.05, 3.63) is 23.8 Å². The van der Waals surface area contributed by atoms with Crippen molar-refractivity contribution in [1.29, 1.82) is 0 Å². The second-order valence-electron chi connectivity index (χ2n) is 5.87. The van der Waals surface area contributed by atoms with Crippen LogP contribution in [0.2, 0.25) is 0 Å². The van der Waals surface area contributed by atoms with E-state index in [1.807, 2.05) is 13.8 Å². The largest absolute Gasteiger partial charge is 0.462 e. The van der Waals surface area contributed by atoms with Gasteiger partial charge in [-0.15, -0.1) is 0 Å². The summed E-state index contributed by atoms with van der Waals surface area (Å²) in [5.74, 6) is -0.235. The summed E-state index contributed by atoms with van der Waals surface area (Å²) in [7, 11) is 0. The molecule has 2 heterocycles. The first-order chi connectivity index (χ1) is 11.0. The minimum Gasteiger partial charge on any atom is -0.462 e. The molecular weight excluding hydrogens is 298 g/mol. The van der Waals surface area contributed by atoms with Crippen molar-refractivity contribution in [3.8, 4) is 0 Å². The monoisotopic (exact) mass is 319 g/mol. The Morgan fingerprint density at radius 2 is 2.35 bits per heavy atom. The molecule has 1 aromatic carbocycles. The van der Waals surface area contributed by atoms with Gasteiger partial charge in [-0.25, -0.2) is 9.78 Å². The zero-order chi connectivity index (χ0) is 16.4. The zero-order valence-electron chi connectivity index (χ0n) is 13.5. The Morgan fingerprint density at radius 3 is 3.04 bits per heavy atom. The average molecular weight is 319 g/mol. The lowest BCUT2D eigenvalue weighted by molar-refractivity contribution is -0.136. The molecule has 0 saturated carbocycles. The molecule has 2 aromatic rings. The number of fused-ring (bicyclic) bond motifs is 1. The van der Waals surface area contributed by atoms with E-state index in [2.05, 4.69) is 15.3 Å². The van der Waals surface area contributed by atoms with Crippen LogP contribution in [0.5, 0.6) is 0 Å². The predicted octanol–water partition coefficient (Wildman–Crippen LogP) is 2.30. The van der Waals surface area contributed by atoms with Crippen molar-refractivity contribution < 1.29 is 19.0 Å². The maximum atomic E-state index is 11.8. The molecule has 0 aliphatic carbocycles. The van der Waals surface area contributed by atoms with Gasteiger partial charge in [-0.3, -0.25) is 0 Å². The minimum absolute atomic E-state index is 0.0201. The van der Waals surface area contributed by atoms with Crippen LogP contribution in [0.3, 0.4) is 0 Å². The SMILES string of the molecule is CCOC(=O)c1ccc2nc(NCC3COC(C)(C)O3)[nH]c2c1. The first-order valence-corrected chi connectivity index (χ1v) is 7.69. The van der Waals surface area contributed by atoms with Crippen LogP contribution in [0.15, 0.2) is 18.2 Å². The van der Waals surface area contributed by atoms with Crippen LogP contribution in [-0.2, 0) is 14.2 Å². The van der Waals surface area contributed by atoms with Gasteiger partial charge < -0.3 is 24.5 Å². The fourth-order valence-corrected chi connectivity index (χ4v) is 2.51. The zero-order valence-corrected chi connectivity index (χ0v) is 13.5. The summed E-state index contributed by atoms with van der Waals surface area (Å²) in [6.07, 6.45) is -0.0201. The smallest absolute Gasteiger partial charge is 0.338 e. The molecule has 7 heteroatoms. The van der Waals surface area contributed by atoms with Crippen LogP contribution in [0.1, 0.15) is 31.1 Å². The van der Waals surface area contributed by atoms with Crippen molar-refractivity contribution in [2.75, 3.05) is 25.1 Å².